The van der Waals surface area contributed by atoms with Gasteiger partial charge in [-0.2, -0.15) is 0 Å². The van der Waals surface area contributed by atoms with Crippen LogP contribution in [0.25, 0.3) is 0 Å². The first kappa shape index (κ1) is 36.4. The lowest BCUT2D eigenvalue weighted by atomic mass is 10.1. The molecule has 0 aromatic rings. The van der Waals surface area contributed by atoms with Crippen molar-refractivity contribution in [2.24, 2.45) is 0 Å². The summed E-state index contributed by atoms with van der Waals surface area (Å²) in [6.07, 6.45) is 20.2. The first-order valence-corrected chi connectivity index (χ1v) is 14.9. The van der Waals surface area contributed by atoms with Gasteiger partial charge in [0.05, 0.1) is 13.2 Å². The highest BCUT2D eigenvalue weighted by atomic mass is 16.6. The molecule has 224 valence electrons. The first-order chi connectivity index (χ1) is 18.9. The molecule has 0 N–H and O–H groups in total. The van der Waals surface area contributed by atoms with Crippen molar-refractivity contribution in [2.75, 3.05) is 19.8 Å². The fourth-order valence-corrected chi connectivity index (χ4v) is 3.59. The topological polar surface area (TPSA) is 105 Å². The van der Waals surface area contributed by atoms with Gasteiger partial charge in [-0.1, -0.05) is 64.5 Å². The van der Waals surface area contributed by atoms with Gasteiger partial charge in [-0.05, 0) is 58.3 Å². The Labute approximate surface area is 235 Å². The van der Waals surface area contributed by atoms with Crippen LogP contribution in [0.3, 0.4) is 0 Å². The molecular formula is C31H52O8. The van der Waals surface area contributed by atoms with Gasteiger partial charge in [0.15, 0.2) is 0 Å². The maximum absolute atomic E-state index is 11.9. The standard InChI is InChI=1S/C31H52O8/c1-4-20-28(32)36-24-18-14-10-6-8-12-16-22-30(34)38-26-27(3)39-31(35)23-17-13-9-7-11-15-19-25-37-29(33)21-5-2/h16-17,22-23,27H,4-15,18-21,24-26H2,1-3H3/b22-16+,23-17+. The zero-order chi connectivity index (χ0) is 29.0. The third-order valence-corrected chi connectivity index (χ3v) is 5.75. The average molecular weight is 553 g/mol. The Kier molecular flexibility index (Phi) is 25.1. The van der Waals surface area contributed by atoms with E-state index in [1.54, 1.807) is 19.1 Å². The number of ether oxygens (including phenoxy) is 4. The smallest absolute Gasteiger partial charge is 0.330 e. The minimum absolute atomic E-state index is 0.0132. The monoisotopic (exact) mass is 552 g/mol. The normalized spacial score (nSPS) is 12.0. The number of allylic oxidation sites excluding steroid dienone is 2. The summed E-state index contributed by atoms with van der Waals surface area (Å²) in [6, 6.07) is 0. The molecule has 0 aliphatic carbocycles. The van der Waals surface area contributed by atoms with Crippen molar-refractivity contribution in [1.82, 2.24) is 0 Å². The number of unbranched alkanes of at least 4 members (excludes halogenated alkanes) is 10. The Morgan fingerprint density at radius 3 is 1.51 bits per heavy atom. The molecule has 1 atom stereocenters. The zero-order valence-corrected chi connectivity index (χ0v) is 24.6. The predicted octanol–water partition coefficient (Wildman–Crippen LogP) is 6.94. The molecule has 0 bridgehead atoms. The van der Waals surface area contributed by atoms with E-state index in [1.165, 1.54) is 12.2 Å². The quantitative estimate of drug-likeness (QED) is 0.0519. The molecule has 39 heavy (non-hydrogen) atoms. The van der Waals surface area contributed by atoms with Crippen molar-refractivity contribution in [3.8, 4) is 0 Å². The maximum Gasteiger partial charge on any atom is 0.330 e. The van der Waals surface area contributed by atoms with Crippen LogP contribution < -0.4 is 0 Å². The Hall–Kier alpha value is -2.64. The number of rotatable bonds is 25. The summed E-state index contributed by atoms with van der Waals surface area (Å²) in [5.41, 5.74) is 0. The summed E-state index contributed by atoms with van der Waals surface area (Å²) in [5, 5.41) is 0. The first-order valence-electron chi connectivity index (χ1n) is 14.9. The van der Waals surface area contributed by atoms with Gasteiger partial charge < -0.3 is 18.9 Å². The predicted molar refractivity (Wildman–Crippen MR) is 152 cm³/mol. The lowest BCUT2D eigenvalue weighted by Gasteiger charge is -2.11. The highest BCUT2D eigenvalue weighted by molar-refractivity contribution is 5.82. The second-order valence-corrected chi connectivity index (χ2v) is 9.74. The van der Waals surface area contributed by atoms with Crippen LogP contribution in [-0.2, 0) is 38.1 Å². The molecule has 0 spiro atoms. The highest BCUT2D eigenvalue weighted by Gasteiger charge is 2.09. The van der Waals surface area contributed by atoms with Crippen molar-refractivity contribution >= 4 is 23.9 Å². The van der Waals surface area contributed by atoms with Gasteiger partial charge >= 0.3 is 23.9 Å². The average Bonchev–Trinajstić information content (AvgIpc) is 2.89. The third-order valence-electron chi connectivity index (χ3n) is 5.75. The Balaban J connectivity index is 3.64. The lowest BCUT2D eigenvalue weighted by molar-refractivity contribution is -0.151. The van der Waals surface area contributed by atoms with E-state index in [0.717, 1.165) is 89.9 Å². The Morgan fingerprint density at radius 2 is 1.03 bits per heavy atom. The molecule has 0 fully saturated rings. The van der Waals surface area contributed by atoms with Crippen molar-refractivity contribution < 1.29 is 38.1 Å². The van der Waals surface area contributed by atoms with Gasteiger partial charge in [-0.15, -0.1) is 0 Å². The van der Waals surface area contributed by atoms with Crippen molar-refractivity contribution in [3.63, 3.8) is 0 Å². The summed E-state index contributed by atoms with van der Waals surface area (Å²) in [7, 11) is 0. The largest absolute Gasteiger partial charge is 0.466 e. The fraction of sp³-hybridized carbons (Fsp3) is 0.742. The van der Waals surface area contributed by atoms with Crippen molar-refractivity contribution in [2.45, 2.75) is 130 Å². The SMILES string of the molecule is CCCC(=O)OCCCCCCC/C=C/C(=O)OCC(C)OC(=O)/C=C/CCCCCCCOC(=O)CCC. The van der Waals surface area contributed by atoms with E-state index in [2.05, 4.69) is 0 Å². The number of carbonyl (C=O) groups excluding carboxylic acids is 4. The van der Waals surface area contributed by atoms with Crippen molar-refractivity contribution in [1.29, 1.82) is 0 Å². The summed E-state index contributed by atoms with van der Waals surface area (Å²) < 4.78 is 20.6. The van der Waals surface area contributed by atoms with Crippen LogP contribution >= 0.6 is 0 Å². The molecule has 0 aliphatic heterocycles. The van der Waals surface area contributed by atoms with Gasteiger partial charge in [0, 0.05) is 25.0 Å². The van der Waals surface area contributed by atoms with E-state index in [4.69, 9.17) is 18.9 Å². The minimum atomic E-state index is -0.521. The van der Waals surface area contributed by atoms with Crippen LogP contribution in [0.4, 0.5) is 0 Å². The Morgan fingerprint density at radius 1 is 0.590 bits per heavy atom. The molecule has 1 unspecified atom stereocenters. The molecule has 0 amide bonds. The second kappa shape index (κ2) is 26.9. The van der Waals surface area contributed by atoms with Crippen LogP contribution in [0.1, 0.15) is 124 Å². The maximum atomic E-state index is 11.9. The van der Waals surface area contributed by atoms with Gasteiger partial charge in [0.25, 0.3) is 0 Å². The molecule has 0 rings (SSSR count). The molecule has 0 saturated carbocycles. The summed E-state index contributed by atoms with van der Waals surface area (Å²) in [4.78, 5) is 46.2. The molecule has 0 heterocycles. The van der Waals surface area contributed by atoms with E-state index in [0.29, 0.717) is 26.1 Å². The van der Waals surface area contributed by atoms with Crippen LogP contribution in [0.15, 0.2) is 24.3 Å². The van der Waals surface area contributed by atoms with Gasteiger partial charge in [0.1, 0.15) is 12.7 Å². The summed E-state index contributed by atoms with van der Waals surface area (Å²) >= 11 is 0. The molecule has 0 aliphatic rings. The minimum Gasteiger partial charge on any atom is -0.466 e. The molecular weight excluding hydrogens is 500 g/mol. The molecule has 8 nitrogen and oxygen atoms in total. The van der Waals surface area contributed by atoms with Gasteiger partial charge in [-0.3, -0.25) is 9.59 Å². The van der Waals surface area contributed by atoms with E-state index in [-0.39, 0.29) is 18.5 Å². The lowest BCUT2D eigenvalue weighted by Crippen LogP contribution is -2.20. The molecule has 8 heteroatoms. The summed E-state index contributed by atoms with van der Waals surface area (Å²) in [6.45, 7) is 6.61. The number of carbonyl (C=O) groups is 4. The zero-order valence-electron chi connectivity index (χ0n) is 24.6. The molecule has 0 aromatic carbocycles. The summed E-state index contributed by atoms with van der Waals surface area (Å²) in [5.74, 6) is -1.12. The fourth-order valence-electron chi connectivity index (χ4n) is 3.59. The van der Waals surface area contributed by atoms with Crippen LogP contribution in [-0.4, -0.2) is 49.8 Å². The van der Waals surface area contributed by atoms with E-state index >= 15 is 0 Å². The van der Waals surface area contributed by atoms with Crippen molar-refractivity contribution in [3.05, 3.63) is 24.3 Å². The van der Waals surface area contributed by atoms with Crippen LogP contribution in [0.2, 0.25) is 0 Å². The van der Waals surface area contributed by atoms with Gasteiger partial charge in [-0.25, -0.2) is 9.59 Å². The number of hydrogen-bond donors (Lipinski definition) is 0. The van der Waals surface area contributed by atoms with Crippen LogP contribution in [0, 0.1) is 0 Å². The van der Waals surface area contributed by atoms with E-state index < -0.39 is 18.0 Å². The highest BCUT2D eigenvalue weighted by Crippen LogP contribution is 2.08. The third kappa shape index (κ3) is 26.7. The second-order valence-electron chi connectivity index (χ2n) is 9.74. The van der Waals surface area contributed by atoms with Gasteiger partial charge in [0.2, 0.25) is 0 Å². The molecule has 0 saturated heterocycles. The van der Waals surface area contributed by atoms with Crippen LogP contribution in [0.5, 0.6) is 0 Å². The number of hydrogen-bond acceptors (Lipinski definition) is 8. The molecule has 0 radical (unpaired) electrons. The Bertz CT molecular complexity index is 713. The number of esters is 4. The van der Waals surface area contributed by atoms with E-state index in [9.17, 15) is 19.2 Å². The van der Waals surface area contributed by atoms with E-state index in [1.807, 2.05) is 13.8 Å². The molecule has 0 aromatic heterocycles.